The minimum absolute atomic E-state index is 0.611. The van der Waals surface area contributed by atoms with Gasteiger partial charge in [0.05, 0.1) is 0 Å². The number of nitrogens with zero attached hydrogens (tertiary/aromatic N) is 4. The van der Waals surface area contributed by atoms with E-state index in [4.69, 9.17) is 19.4 Å². The topological polar surface area (TPSA) is 64.7 Å². The quantitative estimate of drug-likeness (QED) is 0.205. The number of furan rings is 1. The summed E-state index contributed by atoms with van der Waals surface area (Å²) in [5, 5.41) is 7.62. The van der Waals surface area contributed by atoms with Gasteiger partial charge in [0, 0.05) is 33.7 Å². The molecule has 0 atom stereocenters. The second-order valence-electron chi connectivity index (χ2n) is 10.7. The minimum atomic E-state index is 0.611. The Labute approximate surface area is 246 Å². The molecule has 0 spiro atoms. The monoisotopic (exact) mass is 550 g/mol. The van der Waals surface area contributed by atoms with Crippen LogP contribution in [0.15, 0.2) is 138 Å². The first-order valence-corrected chi connectivity index (χ1v) is 14.2. The molecule has 3 heterocycles. The second kappa shape index (κ2) is 9.29. The number of rotatable bonds is 3. The Balaban J connectivity index is 1.34. The molecule has 0 fully saturated rings. The number of hydrogen-bond acceptors (Lipinski definition) is 5. The van der Waals surface area contributed by atoms with E-state index in [-0.39, 0.29) is 0 Å². The van der Waals surface area contributed by atoms with Crippen LogP contribution in [0.5, 0.6) is 0 Å². The molecule has 5 heteroatoms. The number of hydrogen-bond donors (Lipinski definition) is 0. The molecule has 0 unspecified atom stereocenters. The summed E-state index contributed by atoms with van der Waals surface area (Å²) in [5.74, 6) is 1.88. The van der Waals surface area contributed by atoms with Gasteiger partial charge in [0.15, 0.2) is 23.1 Å². The van der Waals surface area contributed by atoms with Crippen molar-refractivity contribution in [3.63, 3.8) is 0 Å². The lowest BCUT2D eigenvalue weighted by atomic mass is 9.96. The Hall–Kier alpha value is -5.94. The fraction of sp³-hybridized carbons (Fsp3) is 0. The third-order valence-electron chi connectivity index (χ3n) is 8.17. The highest BCUT2D eigenvalue weighted by Crippen LogP contribution is 2.38. The lowest BCUT2D eigenvalue weighted by Crippen LogP contribution is -2.01. The van der Waals surface area contributed by atoms with Gasteiger partial charge in [-0.05, 0) is 51.2 Å². The third-order valence-corrected chi connectivity index (χ3v) is 8.17. The molecule has 3 aromatic heterocycles. The van der Waals surface area contributed by atoms with Crippen molar-refractivity contribution in [3.05, 3.63) is 134 Å². The summed E-state index contributed by atoms with van der Waals surface area (Å²) in [5.41, 5.74) is 5.27. The summed E-state index contributed by atoms with van der Waals surface area (Å²) in [6.07, 6.45) is 1.80. The highest BCUT2D eigenvalue weighted by atomic mass is 16.3. The highest BCUT2D eigenvalue weighted by molar-refractivity contribution is 6.16. The van der Waals surface area contributed by atoms with Crippen molar-refractivity contribution in [2.75, 3.05) is 0 Å². The maximum atomic E-state index is 6.32. The Morgan fingerprint density at radius 3 is 2.00 bits per heavy atom. The molecule has 9 aromatic rings. The summed E-state index contributed by atoms with van der Waals surface area (Å²) < 4.78 is 6.32. The van der Waals surface area contributed by atoms with E-state index in [2.05, 4.69) is 83.8 Å². The van der Waals surface area contributed by atoms with Crippen LogP contribution in [0.25, 0.3) is 88.5 Å². The Kier molecular flexibility index (Phi) is 5.13. The van der Waals surface area contributed by atoms with Crippen molar-refractivity contribution >= 4 is 54.4 Å². The van der Waals surface area contributed by atoms with Crippen molar-refractivity contribution < 1.29 is 4.42 Å². The Morgan fingerprint density at radius 2 is 1.12 bits per heavy atom. The van der Waals surface area contributed by atoms with Gasteiger partial charge in [-0.2, -0.15) is 0 Å². The van der Waals surface area contributed by atoms with Gasteiger partial charge < -0.3 is 4.42 Å². The first-order valence-electron chi connectivity index (χ1n) is 14.2. The van der Waals surface area contributed by atoms with E-state index >= 15 is 0 Å². The van der Waals surface area contributed by atoms with Crippen molar-refractivity contribution in [3.8, 4) is 34.2 Å². The van der Waals surface area contributed by atoms with Gasteiger partial charge in [0.1, 0.15) is 11.1 Å². The largest absolute Gasteiger partial charge is 0.454 e. The van der Waals surface area contributed by atoms with Crippen LogP contribution in [0.1, 0.15) is 0 Å². The average Bonchev–Trinajstić information content (AvgIpc) is 3.47. The summed E-state index contributed by atoms with van der Waals surface area (Å²) in [6, 6.07) is 43.4. The molecule has 5 nitrogen and oxygen atoms in total. The van der Waals surface area contributed by atoms with E-state index in [0.717, 1.165) is 60.3 Å². The van der Waals surface area contributed by atoms with Gasteiger partial charge in [-0.25, -0.2) is 15.0 Å². The van der Waals surface area contributed by atoms with Crippen molar-refractivity contribution in [1.82, 2.24) is 19.9 Å². The minimum Gasteiger partial charge on any atom is -0.454 e. The molecule has 0 aliphatic heterocycles. The van der Waals surface area contributed by atoms with E-state index in [1.807, 2.05) is 48.5 Å². The van der Waals surface area contributed by atoms with Crippen LogP contribution in [0, 0.1) is 0 Å². The SMILES string of the molecule is c1ccc(-c2nc(-c3cc4ccccc4c4ccccc34)nc(-c3cccc4c3ccc3c5ncccc5oc43)n2)cc1. The predicted octanol–water partition coefficient (Wildman–Crippen LogP) is 9.63. The summed E-state index contributed by atoms with van der Waals surface area (Å²) >= 11 is 0. The number of fused-ring (bicyclic) bond motifs is 8. The maximum Gasteiger partial charge on any atom is 0.164 e. The zero-order valence-corrected chi connectivity index (χ0v) is 22.9. The molecule has 43 heavy (non-hydrogen) atoms. The molecular weight excluding hydrogens is 528 g/mol. The van der Waals surface area contributed by atoms with Gasteiger partial charge >= 0.3 is 0 Å². The summed E-state index contributed by atoms with van der Waals surface area (Å²) in [4.78, 5) is 19.8. The van der Waals surface area contributed by atoms with Crippen molar-refractivity contribution in [2.24, 2.45) is 0 Å². The lowest BCUT2D eigenvalue weighted by Gasteiger charge is -2.13. The maximum absolute atomic E-state index is 6.32. The van der Waals surface area contributed by atoms with Crippen LogP contribution in [-0.2, 0) is 0 Å². The smallest absolute Gasteiger partial charge is 0.164 e. The van der Waals surface area contributed by atoms with Crippen LogP contribution >= 0.6 is 0 Å². The van der Waals surface area contributed by atoms with E-state index in [0.29, 0.717) is 17.5 Å². The van der Waals surface area contributed by atoms with Gasteiger partial charge in [-0.1, -0.05) is 103 Å². The molecular formula is C38H22N4O. The number of benzene rings is 6. The number of pyridine rings is 1. The molecule has 200 valence electrons. The molecule has 9 rings (SSSR count). The van der Waals surface area contributed by atoms with Crippen LogP contribution in [0.4, 0.5) is 0 Å². The molecule has 0 saturated carbocycles. The van der Waals surface area contributed by atoms with E-state index in [1.54, 1.807) is 6.20 Å². The lowest BCUT2D eigenvalue weighted by molar-refractivity contribution is 0.672. The third kappa shape index (κ3) is 3.72. The zero-order valence-electron chi connectivity index (χ0n) is 22.9. The molecule has 0 aliphatic rings. The normalized spacial score (nSPS) is 11.7. The molecule has 0 N–H and O–H groups in total. The Bertz CT molecular complexity index is 2520. The summed E-state index contributed by atoms with van der Waals surface area (Å²) in [6.45, 7) is 0. The standard InChI is InChI=1S/C38H22N4O/c1-2-10-23(11-3-1)36-40-37(30-17-8-16-29-28(30)19-20-31-34-33(43-35(29)31)18-9-21-39-34)42-38(41-36)32-22-24-12-4-5-13-25(24)26-14-6-7-15-27(26)32/h1-22H. The first kappa shape index (κ1) is 23.7. The van der Waals surface area contributed by atoms with Crippen LogP contribution in [0.2, 0.25) is 0 Å². The predicted molar refractivity (Wildman–Crippen MR) is 174 cm³/mol. The fourth-order valence-corrected chi connectivity index (χ4v) is 6.18. The summed E-state index contributed by atoms with van der Waals surface area (Å²) in [7, 11) is 0. The van der Waals surface area contributed by atoms with Gasteiger partial charge in [-0.3, -0.25) is 4.98 Å². The van der Waals surface area contributed by atoms with Crippen LogP contribution < -0.4 is 0 Å². The van der Waals surface area contributed by atoms with E-state index in [9.17, 15) is 0 Å². The molecule has 6 aromatic carbocycles. The Morgan fingerprint density at radius 1 is 0.442 bits per heavy atom. The zero-order chi connectivity index (χ0) is 28.3. The molecule has 0 amide bonds. The molecule has 0 bridgehead atoms. The average molecular weight is 551 g/mol. The molecule has 0 aliphatic carbocycles. The van der Waals surface area contributed by atoms with Gasteiger partial charge in [0.25, 0.3) is 0 Å². The molecule has 0 radical (unpaired) electrons. The first-order chi connectivity index (χ1) is 21.3. The van der Waals surface area contributed by atoms with Crippen LogP contribution in [0.3, 0.4) is 0 Å². The van der Waals surface area contributed by atoms with Crippen molar-refractivity contribution in [2.45, 2.75) is 0 Å². The highest BCUT2D eigenvalue weighted by Gasteiger charge is 2.18. The van der Waals surface area contributed by atoms with Gasteiger partial charge in [0.2, 0.25) is 0 Å². The van der Waals surface area contributed by atoms with Gasteiger partial charge in [-0.15, -0.1) is 0 Å². The number of aromatic nitrogens is 4. The van der Waals surface area contributed by atoms with E-state index in [1.165, 1.54) is 10.8 Å². The van der Waals surface area contributed by atoms with E-state index < -0.39 is 0 Å². The second-order valence-corrected chi connectivity index (χ2v) is 10.7. The van der Waals surface area contributed by atoms with Crippen LogP contribution in [-0.4, -0.2) is 19.9 Å². The molecule has 0 saturated heterocycles. The fourth-order valence-electron chi connectivity index (χ4n) is 6.18. The van der Waals surface area contributed by atoms with Crippen molar-refractivity contribution in [1.29, 1.82) is 0 Å².